The summed E-state index contributed by atoms with van der Waals surface area (Å²) in [5.74, 6) is 2.09. The van der Waals surface area contributed by atoms with E-state index in [0.29, 0.717) is 0 Å². The summed E-state index contributed by atoms with van der Waals surface area (Å²) in [6.45, 7) is 1.12. The minimum atomic E-state index is 1.12. The first kappa shape index (κ1) is 7.61. The van der Waals surface area contributed by atoms with Crippen LogP contribution < -0.4 is 5.32 Å². The van der Waals surface area contributed by atoms with E-state index in [-0.39, 0.29) is 0 Å². The Kier molecular flexibility index (Phi) is 3.30. The Labute approximate surface area is 63.4 Å². The summed E-state index contributed by atoms with van der Waals surface area (Å²) >= 11 is 0. The Hall–Kier alpha value is -0.495. The molecule has 1 N–H and O–H groups in total. The molecule has 0 aromatic heterocycles. The lowest BCUT2D eigenvalue weighted by molar-refractivity contribution is 0.731. The van der Waals surface area contributed by atoms with E-state index in [0.717, 1.165) is 6.54 Å². The van der Waals surface area contributed by atoms with Gasteiger partial charge < -0.3 is 5.32 Å². The van der Waals surface area contributed by atoms with Crippen LogP contribution in [0.25, 0.3) is 0 Å². The molecule has 0 saturated heterocycles. The van der Waals surface area contributed by atoms with E-state index in [1.165, 1.54) is 18.3 Å². The molecule has 0 aliphatic carbocycles. The maximum absolute atomic E-state index is 3.13. The van der Waals surface area contributed by atoms with Gasteiger partial charge in [0.25, 0.3) is 0 Å². The Morgan fingerprint density at radius 2 is 2.50 bits per heavy atom. The van der Waals surface area contributed by atoms with Crippen molar-refractivity contribution in [2.45, 2.75) is 12.8 Å². The fraction of sp³-hybridized carbons (Fsp3) is 0.500. The van der Waals surface area contributed by atoms with Crippen molar-refractivity contribution in [1.29, 1.82) is 0 Å². The lowest BCUT2D eigenvalue weighted by Crippen LogP contribution is -2.07. The third-order valence-corrected chi connectivity index (χ3v) is 1.62. The molecule has 0 unspecified atom stereocenters. The smallest absolute Gasteiger partial charge is 0.175 e. The molecule has 0 fully saturated rings. The number of hydrogen-bond donors (Lipinski definition) is 1. The fourth-order valence-corrected chi connectivity index (χ4v) is 1.05. The van der Waals surface area contributed by atoms with Gasteiger partial charge in [-0.15, -0.1) is 11.4 Å². The Balaban J connectivity index is 2.04. The van der Waals surface area contributed by atoms with Gasteiger partial charge in [-0.25, -0.2) is 0 Å². The van der Waals surface area contributed by atoms with E-state index < -0.39 is 0 Å². The monoisotopic (exact) mass is 134 g/mol. The van der Waals surface area contributed by atoms with Crippen LogP contribution >= 0.6 is 0 Å². The summed E-state index contributed by atoms with van der Waals surface area (Å²) in [5, 5.41) is 3.13. The fourth-order valence-electron chi connectivity index (χ4n) is 1.05. The van der Waals surface area contributed by atoms with Crippen molar-refractivity contribution in [2.75, 3.05) is 13.6 Å². The van der Waals surface area contributed by atoms with Gasteiger partial charge in [0, 0.05) is 0 Å². The maximum Gasteiger partial charge on any atom is 0.175 e. The first-order chi connectivity index (χ1) is 4.93. The molecule has 1 aliphatic heterocycles. The normalized spacial score (nSPS) is 15.1. The SMILES string of the molecule is CNCCCC1=CC=C[B]1. The molecule has 1 aliphatic rings. The largest absolute Gasteiger partial charge is 0.320 e. The molecule has 0 spiro atoms. The van der Waals surface area contributed by atoms with Crippen molar-refractivity contribution in [3.8, 4) is 0 Å². The number of allylic oxidation sites excluding steroid dienone is 3. The highest BCUT2D eigenvalue weighted by Crippen LogP contribution is 2.07. The molecule has 53 valence electrons. The van der Waals surface area contributed by atoms with Crippen LogP contribution in [0.3, 0.4) is 0 Å². The predicted molar refractivity (Wildman–Crippen MR) is 46.1 cm³/mol. The second kappa shape index (κ2) is 4.34. The van der Waals surface area contributed by atoms with Crippen LogP contribution in [0.2, 0.25) is 0 Å². The first-order valence-electron chi connectivity index (χ1n) is 3.78. The second-order valence-electron chi connectivity index (χ2n) is 2.50. The summed E-state index contributed by atoms with van der Waals surface area (Å²) in [7, 11) is 4.17. The highest BCUT2D eigenvalue weighted by atomic mass is 14.8. The standard InChI is InChI=1S/C8H13BN/c1-10-7-3-5-8-4-2-6-9-8/h2,4,6,10H,3,5,7H2,1H3. The number of nitrogens with one attached hydrogen (secondary N) is 1. The number of hydrogen-bond acceptors (Lipinski definition) is 1. The lowest BCUT2D eigenvalue weighted by Gasteiger charge is -1.99. The summed E-state index contributed by atoms with van der Waals surface area (Å²) in [4.78, 5) is 0. The van der Waals surface area contributed by atoms with Crippen LogP contribution in [0.1, 0.15) is 12.8 Å². The van der Waals surface area contributed by atoms with E-state index in [1.807, 2.05) is 7.05 Å². The average Bonchev–Trinajstić information content (AvgIpc) is 2.41. The van der Waals surface area contributed by atoms with Gasteiger partial charge in [0.1, 0.15) is 0 Å². The van der Waals surface area contributed by atoms with E-state index in [9.17, 15) is 0 Å². The zero-order valence-electron chi connectivity index (χ0n) is 6.43. The zero-order chi connectivity index (χ0) is 7.23. The number of rotatable bonds is 4. The van der Waals surface area contributed by atoms with Crippen molar-refractivity contribution in [3.63, 3.8) is 0 Å². The summed E-state index contributed by atoms with van der Waals surface area (Å²) in [6.07, 6.45) is 6.71. The summed E-state index contributed by atoms with van der Waals surface area (Å²) in [6, 6.07) is 0. The quantitative estimate of drug-likeness (QED) is 0.448. The molecule has 0 saturated carbocycles. The van der Waals surface area contributed by atoms with Crippen LogP contribution in [0, 0.1) is 0 Å². The topological polar surface area (TPSA) is 12.0 Å². The van der Waals surface area contributed by atoms with E-state index in [2.05, 4.69) is 30.7 Å². The first-order valence-corrected chi connectivity index (χ1v) is 3.78. The molecule has 0 bridgehead atoms. The molecule has 0 aromatic carbocycles. The van der Waals surface area contributed by atoms with Crippen molar-refractivity contribution in [1.82, 2.24) is 5.32 Å². The minimum absolute atomic E-state index is 1.12. The van der Waals surface area contributed by atoms with Gasteiger partial charge in [0.2, 0.25) is 0 Å². The Bertz CT molecular complexity index is 149. The molecule has 0 atom stereocenters. The van der Waals surface area contributed by atoms with Crippen LogP contribution in [0.5, 0.6) is 0 Å². The van der Waals surface area contributed by atoms with Gasteiger partial charge in [-0.05, 0) is 26.4 Å². The van der Waals surface area contributed by atoms with Crippen LogP contribution in [-0.4, -0.2) is 20.9 Å². The zero-order valence-corrected chi connectivity index (χ0v) is 6.43. The van der Waals surface area contributed by atoms with Crippen LogP contribution in [0.15, 0.2) is 23.6 Å². The van der Waals surface area contributed by atoms with Gasteiger partial charge in [-0.1, -0.05) is 12.2 Å². The van der Waals surface area contributed by atoms with E-state index in [1.54, 1.807) is 0 Å². The molecule has 1 heterocycles. The molecule has 1 nitrogen and oxygen atoms in total. The van der Waals surface area contributed by atoms with Gasteiger partial charge in [0.05, 0.1) is 0 Å². The van der Waals surface area contributed by atoms with Gasteiger partial charge >= 0.3 is 0 Å². The third kappa shape index (κ3) is 2.40. The molecule has 0 amide bonds. The third-order valence-electron chi connectivity index (χ3n) is 1.62. The molecule has 1 radical (unpaired) electrons. The highest BCUT2D eigenvalue weighted by molar-refractivity contribution is 6.52. The van der Waals surface area contributed by atoms with E-state index in [4.69, 9.17) is 0 Å². The highest BCUT2D eigenvalue weighted by Gasteiger charge is 1.98. The molecule has 1 rings (SSSR count). The Morgan fingerprint density at radius 3 is 3.10 bits per heavy atom. The molecular weight excluding hydrogens is 121 g/mol. The van der Waals surface area contributed by atoms with Crippen molar-refractivity contribution >= 4 is 7.28 Å². The van der Waals surface area contributed by atoms with E-state index >= 15 is 0 Å². The molecule has 2 heteroatoms. The average molecular weight is 134 g/mol. The van der Waals surface area contributed by atoms with Crippen molar-refractivity contribution in [3.05, 3.63) is 23.6 Å². The summed E-state index contributed by atoms with van der Waals surface area (Å²) in [5.41, 5.74) is 1.45. The molecular formula is C8H13BN. The Morgan fingerprint density at radius 1 is 1.60 bits per heavy atom. The van der Waals surface area contributed by atoms with Crippen molar-refractivity contribution < 1.29 is 0 Å². The molecule has 10 heavy (non-hydrogen) atoms. The summed E-state index contributed by atoms with van der Waals surface area (Å²) < 4.78 is 0. The van der Waals surface area contributed by atoms with Gasteiger partial charge in [-0.3, -0.25) is 0 Å². The van der Waals surface area contributed by atoms with Crippen LogP contribution in [-0.2, 0) is 0 Å². The maximum atomic E-state index is 3.13. The predicted octanol–water partition coefficient (Wildman–Crippen LogP) is 1.10. The lowest BCUT2D eigenvalue weighted by atomic mass is 9.71. The second-order valence-corrected chi connectivity index (χ2v) is 2.50. The minimum Gasteiger partial charge on any atom is -0.320 e. The van der Waals surface area contributed by atoms with Crippen LogP contribution in [0.4, 0.5) is 0 Å². The molecule has 0 aromatic rings. The van der Waals surface area contributed by atoms with Gasteiger partial charge in [0.15, 0.2) is 7.28 Å². The van der Waals surface area contributed by atoms with Crippen molar-refractivity contribution in [2.24, 2.45) is 0 Å². The van der Waals surface area contributed by atoms with Gasteiger partial charge in [-0.2, -0.15) is 0 Å².